The molecule has 0 aliphatic rings. The maximum absolute atomic E-state index is 4.18. The number of thioether (sulfide) groups is 1. The zero-order valence-corrected chi connectivity index (χ0v) is 33.9. The van der Waals surface area contributed by atoms with Crippen LogP contribution in [0.4, 0.5) is 0 Å². The van der Waals surface area contributed by atoms with Crippen molar-refractivity contribution in [2.24, 2.45) is 0 Å². The molecule has 0 fully saturated rings. The Kier molecular flexibility index (Phi) is 27.9. The molecule has 0 atom stereocenters. The van der Waals surface area contributed by atoms with E-state index in [1.165, 1.54) is 16.7 Å². The highest BCUT2D eigenvalue weighted by Gasteiger charge is 1.90. The normalized spacial score (nSPS) is 9.10. The first-order chi connectivity index (χ1) is 23.3. The first-order valence-corrected chi connectivity index (χ1v) is 19.4. The molecule has 6 nitrogen and oxygen atoms in total. The fourth-order valence-electron chi connectivity index (χ4n) is 3.62. The van der Waals surface area contributed by atoms with E-state index >= 15 is 0 Å². The molecule has 9 heteroatoms. The largest absolute Gasteiger partial charge is 0.261 e. The van der Waals surface area contributed by atoms with Gasteiger partial charge in [0.25, 0.3) is 0 Å². The number of hydrogen-bond donors (Lipinski definition) is 0. The summed E-state index contributed by atoms with van der Waals surface area (Å²) in [5.74, 6) is 1.06. The molecule has 0 unspecified atom stereocenters. The van der Waals surface area contributed by atoms with Gasteiger partial charge in [-0.25, -0.2) is 9.97 Å². The zero-order chi connectivity index (χ0) is 36.6. The van der Waals surface area contributed by atoms with Gasteiger partial charge < -0.3 is 0 Å². The van der Waals surface area contributed by atoms with Crippen LogP contribution in [0.15, 0.2) is 83.9 Å². The second-order valence-corrected chi connectivity index (χ2v) is 14.3. The summed E-state index contributed by atoms with van der Waals surface area (Å²) in [5, 5.41) is 6.40. The van der Waals surface area contributed by atoms with Crippen LogP contribution >= 0.6 is 34.4 Å². The molecule has 0 aliphatic heterocycles. The first kappa shape index (κ1) is 49.3. The van der Waals surface area contributed by atoms with E-state index in [9.17, 15) is 0 Å². The Morgan fingerprint density at radius 3 is 1.16 bits per heavy atom. The smallest absolute Gasteiger partial charge is 0.0897 e. The molecule has 0 aromatic carbocycles. The molecule has 51 heavy (non-hydrogen) atoms. The highest BCUT2D eigenvalue weighted by Crippen LogP contribution is 2.08. The lowest BCUT2D eigenvalue weighted by atomic mass is 10.2. The Hall–Kier alpha value is -3.79. The van der Waals surface area contributed by atoms with Crippen molar-refractivity contribution in [1.82, 2.24) is 29.9 Å². The number of aryl methyl sites for hydroxylation is 11. The van der Waals surface area contributed by atoms with E-state index in [2.05, 4.69) is 72.0 Å². The molecule has 0 bridgehead atoms. The van der Waals surface area contributed by atoms with Crippen molar-refractivity contribution in [1.29, 1.82) is 0 Å². The molecular weight excluding hydrogens is 685 g/mol. The van der Waals surface area contributed by atoms with Crippen LogP contribution < -0.4 is 0 Å². The number of thiazole rings is 2. The average molecular weight is 747 g/mol. The van der Waals surface area contributed by atoms with Crippen molar-refractivity contribution in [2.45, 2.75) is 103 Å². The van der Waals surface area contributed by atoms with Crippen LogP contribution in [0, 0.1) is 69.2 Å². The van der Waals surface area contributed by atoms with Gasteiger partial charge in [0.15, 0.2) is 0 Å². The first-order valence-electron chi connectivity index (χ1n) is 16.2. The Labute approximate surface area is 322 Å². The molecule has 0 radical (unpaired) electrons. The van der Waals surface area contributed by atoms with Crippen molar-refractivity contribution >= 4 is 34.4 Å². The summed E-state index contributed by atoms with van der Waals surface area (Å²) in [7, 11) is 0. The van der Waals surface area contributed by atoms with Gasteiger partial charge in [0.05, 0.1) is 10.0 Å². The summed E-state index contributed by atoms with van der Waals surface area (Å²) < 4.78 is 0. The van der Waals surface area contributed by atoms with Gasteiger partial charge >= 0.3 is 0 Å². The zero-order valence-electron chi connectivity index (χ0n) is 31.4. The minimum absolute atomic E-state index is 0. The molecule has 0 aliphatic carbocycles. The Morgan fingerprint density at radius 2 is 0.922 bits per heavy atom. The van der Waals surface area contributed by atoms with Crippen LogP contribution in [-0.2, 0) is 12.2 Å². The summed E-state index contributed by atoms with van der Waals surface area (Å²) in [6.07, 6.45) is 8.91. The van der Waals surface area contributed by atoms with Gasteiger partial charge in [-0.15, -0.1) is 22.7 Å². The Morgan fingerprint density at radius 1 is 0.490 bits per heavy atom. The second kappa shape index (κ2) is 28.9. The molecule has 0 amide bonds. The summed E-state index contributed by atoms with van der Waals surface area (Å²) in [4.78, 5) is 24.8. The SMILES string of the molecule is C.C.CCc1ccc(C)nc1.CSCc1ccc(C)nc1.Cc1ccc(C)nc1.Cc1cccc(C)n1.Cc1csc(C)n1.Cc1csc(C)n1. The van der Waals surface area contributed by atoms with Crippen LogP contribution in [0.2, 0.25) is 0 Å². The Balaban J connectivity index is 0. The van der Waals surface area contributed by atoms with E-state index in [0.717, 1.165) is 62.0 Å². The van der Waals surface area contributed by atoms with Crippen molar-refractivity contribution in [3.63, 3.8) is 0 Å². The van der Waals surface area contributed by atoms with E-state index in [1.54, 1.807) is 22.7 Å². The number of rotatable bonds is 3. The van der Waals surface area contributed by atoms with E-state index in [1.807, 2.05) is 136 Å². The molecule has 0 N–H and O–H groups in total. The molecule has 6 aromatic heterocycles. The lowest BCUT2D eigenvalue weighted by Crippen LogP contribution is -1.83. The third-order valence-corrected chi connectivity index (χ3v) is 8.62. The molecule has 0 spiro atoms. The van der Waals surface area contributed by atoms with Crippen molar-refractivity contribution in [2.75, 3.05) is 6.26 Å². The molecule has 6 heterocycles. The van der Waals surface area contributed by atoms with Crippen LogP contribution in [0.3, 0.4) is 0 Å². The monoisotopic (exact) mass is 746 g/mol. The van der Waals surface area contributed by atoms with Crippen molar-refractivity contribution in [3.8, 4) is 0 Å². The highest BCUT2D eigenvalue weighted by atomic mass is 32.2. The molecule has 278 valence electrons. The number of pyridine rings is 4. The second-order valence-electron chi connectivity index (χ2n) is 11.3. The van der Waals surface area contributed by atoms with Crippen LogP contribution in [-0.4, -0.2) is 36.2 Å². The lowest BCUT2D eigenvalue weighted by molar-refractivity contribution is 1.08. The minimum Gasteiger partial charge on any atom is -0.261 e. The van der Waals surface area contributed by atoms with Gasteiger partial charge in [-0.3, -0.25) is 19.9 Å². The summed E-state index contributed by atoms with van der Waals surface area (Å²) >= 11 is 5.21. The quantitative estimate of drug-likeness (QED) is 0.178. The van der Waals surface area contributed by atoms with Gasteiger partial charge in [0.2, 0.25) is 0 Å². The van der Waals surface area contributed by atoms with E-state index in [4.69, 9.17) is 0 Å². The van der Waals surface area contributed by atoms with Crippen LogP contribution in [0.25, 0.3) is 0 Å². The molecule has 6 rings (SSSR count). The molecule has 0 saturated heterocycles. The predicted molar refractivity (Wildman–Crippen MR) is 229 cm³/mol. The third-order valence-electron chi connectivity index (χ3n) is 6.22. The van der Waals surface area contributed by atoms with E-state index in [-0.39, 0.29) is 14.9 Å². The van der Waals surface area contributed by atoms with E-state index in [0.29, 0.717) is 0 Å². The minimum atomic E-state index is 0. The Bertz CT molecular complexity index is 1590. The third kappa shape index (κ3) is 25.8. The van der Waals surface area contributed by atoms with Crippen molar-refractivity contribution < 1.29 is 0 Å². The standard InChI is InChI=1S/C8H11NS.C8H11N.2C7H9N.2C5H7NS.2CH4/c1-7-3-4-8(5-9-7)6-10-2;1-3-8-5-4-7(2)9-6-8;1-6-3-4-7(2)8-5-6;1-6-4-3-5-7(2)8-6;2*1-4-3-7-5(2)6-4;;/h3-5H,6H2,1-2H3;4-6H,3H2,1-2H3;2*3-5H,1-2H3;2*3H,1-2H3;2*1H4. The maximum Gasteiger partial charge on any atom is 0.0897 e. The topological polar surface area (TPSA) is 77.3 Å². The number of nitrogens with zero attached hydrogens (tertiary/aromatic N) is 6. The number of aromatic nitrogens is 6. The average Bonchev–Trinajstić information content (AvgIpc) is 3.65. The highest BCUT2D eigenvalue weighted by molar-refractivity contribution is 7.97. The van der Waals surface area contributed by atoms with Crippen molar-refractivity contribution in [3.05, 3.63) is 151 Å². The maximum atomic E-state index is 4.18. The molecule has 0 saturated carbocycles. The number of hydrogen-bond acceptors (Lipinski definition) is 9. The fraction of sp³-hybridized carbons (Fsp3) is 0.381. The predicted octanol–water partition coefficient (Wildman–Crippen LogP) is 12.4. The van der Waals surface area contributed by atoms with Crippen LogP contribution in [0.5, 0.6) is 0 Å². The lowest BCUT2D eigenvalue weighted by Gasteiger charge is -1.96. The van der Waals surface area contributed by atoms with Gasteiger partial charge in [0, 0.05) is 75.0 Å². The van der Waals surface area contributed by atoms with E-state index < -0.39 is 0 Å². The molecule has 6 aromatic rings. The molecular formula is C42H62N6S3. The van der Waals surface area contributed by atoms with Gasteiger partial charge in [-0.05, 0) is 129 Å². The van der Waals surface area contributed by atoms with Gasteiger partial charge in [-0.1, -0.05) is 46.0 Å². The summed E-state index contributed by atoms with van der Waals surface area (Å²) in [6, 6.07) is 18.4. The fourth-order valence-corrected chi connectivity index (χ4v) is 5.31. The summed E-state index contributed by atoms with van der Waals surface area (Å²) in [6.45, 7) is 22.2. The van der Waals surface area contributed by atoms with Gasteiger partial charge in [0.1, 0.15) is 0 Å². The van der Waals surface area contributed by atoms with Crippen LogP contribution in [0.1, 0.15) is 88.3 Å². The van der Waals surface area contributed by atoms with Gasteiger partial charge in [-0.2, -0.15) is 11.8 Å². The summed E-state index contributed by atoms with van der Waals surface area (Å²) in [5.41, 5.74) is 11.5.